The standard InChI is InChI=1S/C21H17Cl2F3N4O/c22-16-3-1-2-15(18(16)23)20(31)29-13-6-8-30(9-7-13)19-14-5-4-12(21(24,25)26)10-17(14)27-11-28-19/h1-5,10-11,13H,6-9H2,(H,29,31). The zero-order valence-electron chi connectivity index (χ0n) is 16.1. The maximum absolute atomic E-state index is 13.0. The van der Waals surface area contributed by atoms with Gasteiger partial charge in [-0.25, -0.2) is 9.97 Å². The average Bonchev–Trinajstić information content (AvgIpc) is 2.74. The summed E-state index contributed by atoms with van der Waals surface area (Å²) in [5.74, 6) is 0.291. The number of aromatic nitrogens is 2. The van der Waals surface area contributed by atoms with E-state index in [1.54, 1.807) is 18.2 Å². The van der Waals surface area contributed by atoms with Gasteiger partial charge in [0.1, 0.15) is 12.1 Å². The zero-order valence-corrected chi connectivity index (χ0v) is 17.6. The van der Waals surface area contributed by atoms with Crippen LogP contribution in [0.25, 0.3) is 10.9 Å². The molecule has 1 fully saturated rings. The van der Waals surface area contributed by atoms with E-state index in [9.17, 15) is 18.0 Å². The minimum absolute atomic E-state index is 0.0660. The van der Waals surface area contributed by atoms with Crippen LogP contribution in [0.15, 0.2) is 42.7 Å². The number of halogens is 5. The van der Waals surface area contributed by atoms with Crippen LogP contribution in [0.4, 0.5) is 19.0 Å². The summed E-state index contributed by atoms with van der Waals surface area (Å²) >= 11 is 12.1. The SMILES string of the molecule is O=C(NC1CCN(c2ncnc3cc(C(F)(F)F)ccc23)CC1)c1cccc(Cl)c1Cl. The van der Waals surface area contributed by atoms with Crippen LogP contribution in [0.3, 0.4) is 0 Å². The molecule has 0 spiro atoms. The van der Waals surface area contributed by atoms with Crippen LogP contribution in [0.1, 0.15) is 28.8 Å². The molecule has 0 radical (unpaired) electrons. The molecule has 1 aliphatic heterocycles. The Morgan fingerprint density at radius 2 is 1.84 bits per heavy atom. The van der Waals surface area contributed by atoms with Crippen molar-refractivity contribution in [1.82, 2.24) is 15.3 Å². The molecule has 0 unspecified atom stereocenters. The minimum Gasteiger partial charge on any atom is -0.356 e. The lowest BCUT2D eigenvalue weighted by Crippen LogP contribution is -2.45. The van der Waals surface area contributed by atoms with Crippen LogP contribution in [0, 0.1) is 0 Å². The summed E-state index contributed by atoms with van der Waals surface area (Å²) in [5, 5.41) is 4.06. The molecule has 2 aromatic carbocycles. The normalized spacial score (nSPS) is 15.3. The van der Waals surface area contributed by atoms with Gasteiger partial charge < -0.3 is 10.2 Å². The molecule has 1 aromatic heterocycles. The van der Waals surface area contributed by atoms with Crippen LogP contribution < -0.4 is 10.2 Å². The van der Waals surface area contributed by atoms with E-state index in [4.69, 9.17) is 23.2 Å². The average molecular weight is 469 g/mol. The highest BCUT2D eigenvalue weighted by molar-refractivity contribution is 6.43. The first-order valence-electron chi connectivity index (χ1n) is 9.56. The van der Waals surface area contributed by atoms with Crippen LogP contribution in [0.5, 0.6) is 0 Å². The number of hydrogen-bond donors (Lipinski definition) is 1. The lowest BCUT2D eigenvalue weighted by molar-refractivity contribution is -0.137. The van der Waals surface area contributed by atoms with E-state index in [1.165, 1.54) is 12.4 Å². The fraction of sp³-hybridized carbons (Fsp3) is 0.286. The van der Waals surface area contributed by atoms with Gasteiger partial charge in [-0.05, 0) is 43.2 Å². The number of alkyl halides is 3. The number of rotatable bonds is 3. The first-order chi connectivity index (χ1) is 14.7. The minimum atomic E-state index is -4.43. The number of nitrogens with zero attached hydrogens (tertiary/aromatic N) is 3. The number of hydrogen-bond acceptors (Lipinski definition) is 4. The fourth-order valence-corrected chi connectivity index (χ4v) is 4.04. The Balaban J connectivity index is 1.46. The molecule has 0 bridgehead atoms. The lowest BCUT2D eigenvalue weighted by Gasteiger charge is -2.33. The highest BCUT2D eigenvalue weighted by Gasteiger charge is 2.31. The number of carbonyl (C=O) groups excluding carboxylic acids is 1. The highest BCUT2D eigenvalue weighted by Crippen LogP contribution is 2.33. The maximum atomic E-state index is 13.0. The third kappa shape index (κ3) is 4.55. The summed E-state index contributed by atoms with van der Waals surface area (Å²) in [4.78, 5) is 22.8. The lowest BCUT2D eigenvalue weighted by atomic mass is 10.0. The van der Waals surface area contributed by atoms with Gasteiger partial charge in [-0.2, -0.15) is 13.2 Å². The van der Waals surface area contributed by atoms with Crippen molar-refractivity contribution in [3.63, 3.8) is 0 Å². The number of carbonyl (C=O) groups is 1. The third-order valence-corrected chi connectivity index (χ3v) is 6.09. The predicted molar refractivity (Wildman–Crippen MR) is 114 cm³/mol. The molecule has 1 saturated heterocycles. The second-order valence-electron chi connectivity index (χ2n) is 7.26. The molecule has 1 N–H and O–H groups in total. The molecule has 0 aliphatic carbocycles. The van der Waals surface area contributed by atoms with Gasteiger partial charge in [-0.3, -0.25) is 4.79 Å². The van der Waals surface area contributed by atoms with Crippen molar-refractivity contribution < 1.29 is 18.0 Å². The summed E-state index contributed by atoms with van der Waals surface area (Å²) < 4.78 is 39.0. The quantitative estimate of drug-likeness (QED) is 0.562. The third-order valence-electron chi connectivity index (χ3n) is 5.27. The predicted octanol–water partition coefficient (Wildman–Crippen LogP) is 5.35. The molecule has 5 nitrogen and oxygen atoms in total. The van der Waals surface area contributed by atoms with E-state index in [-0.39, 0.29) is 22.5 Å². The Kier molecular flexibility index (Phi) is 5.94. The van der Waals surface area contributed by atoms with Crippen molar-refractivity contribution in [2.45, 2.75) is 25.1 Å². The van der Waals surface area contributed by atoms with E-state index < -0.39 is 11.7 Å². The summed E-state index contributed by atoms with van der Waals surface area (Å²) in [6.45, 7) is 1.17. The van der Waals surface area contributed by atoms with Crippen molar-refractivity contribution in [2.75, 3.05) is 18.0 Å². The monoisotopic (exact) mass is 468 g/mol. The van der Waals surface area contributed by atoms with Gasteiger partial charge in [-0.1, -0.05) is 29.3 Å². The van der Waals surface area contributed by atoms with E-state index in [1.807, 2.05) is 4.90 Å². The zero-order chi connectivity index (χ0) is 22.2. The van der Waals surface area contributed by atoms with E-state index >= 15 is 0 Å². The van der Waals surface area contributed by atoms with Crippen LogP contribution in [-0.4, -0.2) is 35.0 Å². The number of nitrogens with one attached hydrogen (secondary N) is 1. The van der Waals surface area contributed by atoms with E-state index in [0.717, 1.165) is 12.1 Å². The number of fused-ring (bicyclic) bond motifs is 1. The van der Waals surface area contributed by atoms with Gasteiger partial charge in [0, 0.05) is 24.5 Å². The molecular formula is C21H17Cl2F3N4O. The van der Waals surface area contributed by atoms with E-state index in [2.05, 4.69) is 15.3 Å². The molecule has 31 heavy (non-hydrogen) atoms. The topological polar surface area (TPSA) is 58.1 Å². The number of amides is 1. The molecule has 3 aromatic rings. The molecule has 1 amide bonds. The molecule has 4 rings (SSSR count). The Morgan fingerprint density at radius 1 is 1.10 bits per heavy atom. The van der Waals surface area contributed by atoms with Gasteiger partial charge in [0.25, 0.3) is 5.91 Å². The Bertz CT molecular complexity index is 1130. The maximum Gasteiger partial charge on any atom is 0.416 e. The highest BCUT2D eigenvalue weighted by atomic mass is 35.5. The first-order valence-corrected chi connectivity index (χ1v) is 10.3. The van der Waals surface area contributed by atoms with Crippen molar-refractivity contribution in [3.8, 4) is 0 Å². The van der Waals surface area contributed by atoms with E-state index in [0.29, 0.717) is 47.7 Å². The van der Waals surface area contributed by atoms with Crippen LogP contribution in [0.2, 0.25) is 10.0 Å². The molecule has 1 aliphatic rings. The number of piperidine rings is 1. The molecular weight excluding hydrogens is 452 g/mol. The number of anilines is 1. The van der Waals surface area contributed by atoms with Crippen molar-refractivity contribution in [2.24, 2.45) is 0 Å². The Labute approximate surface area is 186 Å². The molecule has 2 heterocycles. The molecule has 162 valence electrons. The molecule has 0 atom stereocenters. The first kappa shape index (κ1) is 21.6. The van der Waals surface area contributed by atoms with Crippen LogP contribution >= 0.6 is 23.2 Å². The molecule has 0 saturated carbocycles. The van der Waals surface area contributed by atoms with Gasteiger partial charge in [0.15, 0.2) is 0 Å². The second kappa shape index (κ2) is 8.51. The van der Waals surface area contributed by atoms with Crippen molar-refractivity contribution in [1.29, 1.82) is 0 Å². The van der Waals surface area contributed by atoms with Gasteiger partial charge in [0.2, 0.25) is 0 Å². The number of benzene rings is 2. The van der Waals surface area contributed by atoms with Gasteiger partial charge in [-0.15, -0.1) is 0 Å². The van der Waals surface area contributed by atoms with Gasteiger partial charge >= 0.3 is 6.18 Å². The van der Waals surface area contributed by atoms with Crippen molar-refractivity contribution >= 4 is 45.8 Å². The van der Waals surface area contributed by atoms with Crippen LogP contribution in [-0.2, 0) is 6.18 Å². The smallest absolute Gasteiger partial charge is 0.356 e. The Morgan fingerprint density at radius 3 is 2.55 bits per heavy atom. The molecule has 10 heteroatoms. The van der Waals surface area contributed by atoms with Crippen molar-refractivity contribution in [3.05, 3.63) is 63.9 Å². The fourth-order valence-electron chi connectivity index (χ4n) is 3.65. The summed E-state index contributed by atoms with van der Waals surface area (Å²) in [6, 6.07) is 8.30. The van der Waals surface area contributed by atoms with Gasteiger partial charge in [0.05, 0.1) is 26.7 Å². The summed E-state index contributed by atoms with van der Waals surface area (Å²) in [5.41, 5.74) is -0.185. The largest absolute Gasteiger partial charge is 0.416 e. The second-order valence-corrected chi connectivity index (χ2v) is 8.05. The summed E-state index contributed by atoms with van der Waals surface area (Å²) in [6.07, 6.45) is -1.86. The summed E-state index contributed by atoms with van der Waals surface area (Å²) in [7, 11) is 0. The Hall–Kier alpha value is -2.58.